The Morgan fingerprint density at radius 1 is 0.861 bits per heavy atom. The summed E-state index contributed by atoms with van der Waals surface area (Å²) < 4.78 is 0. The second-order valence-electron chi connectivity index (χ2n) is 8.13. The zero-order chi connectivity index (χ0) is 25.5. The summed E-state index contributed by atoms with van der Waals surface area (Å²) in [7, 11) is 0. The summed E-state index contributed by atoms with van der Waals surface area (Å²) in [5, 5.41) is 16.1. The van der Waals surface area contributed by atoms with E-state index in [4.69, 9.17) is 5.11 Å². The second-order valence-corrected chi connectivity index (χ2v) is 9.08. The molecular weight excluding hydrogens is 476 g/mol. The molecule has 4 rings (SSSR count). The van der Waals surface area contributed by atoms with Gasteiger partial charge < -0.3 is 15.7 Å². The van der Waals surface area contributed by atoms with Crippen LogP contribution in [0.1, 0.15) is 22.2 Å². The van der Waals surface area contributed by atoms with Crippen molar-refractivity contribution >= 4 is 29.1 Å². The van der Waals surface area contributed by atoms with Crippen LogP contribution in [0.4, 0.5) is 0 Å². The lowest BCUT2D eigenvalue weighted by Crippen LogP contribution is -2.51. The number of amides is 2. The van der Waals surface area contributed by atoms with Crippen LogP contribution in [0.25, 0.3) is 22.5 Å². The third-order valence-corrected chi connectivity index (χ3v) is 6.38. The SMILES string of the molecule is CC(NC(=O)C(Cc1ccc(-c2ncc(-c3ccccc3)cn2)cc1)NC(=O)c1cccs1)C(=O)O. The zero-order valence-corrected chi connectivity index (χ0v) is 20.2. The van der Waals surface area contributed by atoms with Crippen molar-refractivity contribution in [2.24, 2.45) is 0 Å². The van der Waals surface area contributed by atoms with E-state index in [1.165, 1.54) is 18.3 Å². The molecule has 0 saturated carbocycles. The molecule has 9 heteroatoms. The molecule has 2 aromatic carbocycles. The minimum Gasteiger partial charge on any atom is -0.480 e. The molecule has 0 fully saturated rings. The summed E-state index contributed by atoms with van der Waals surface area (Å²) in [5.41, 5.74) is 3.54. The number of carboxylic acid groups (broad SMARTS) is 1. The Morgan fingerprint density at radius 3 is 2.17 bits per heavy atom. The first kappa shape index (κ1) is 24.7. The Labute approximate surface area is 212 Å². The van der Waals surface area contributed by atoms with Crippen LogP contribution in [0.2, 0.25) is 0 Å². The van der Waals surface area contributed by atoms with E-state index < -0.39 is 29.9 Å². The van der Waals surface area contributed by atoms with Crippen molar-refractivity contribution < 1.29 is 19.5 Å². The van der Waals surface area contributed by atoms with Gasteiger partial charge in [0.05, 0.1) is 4.88 Å². The molecule has 36 heavy (non-hydrogen) atoms. The molecule has 2 aromatic heterocycles. The van der Waals surface area contributed by atoms with Crippen molar-refractivity contribution in [3.8, 4) is 22.5 Å². The highest BCUT2D eigenvalue weighted by molar-refractivity contribution is 7.12. The number of hydrogen-bond acceptors (Lipinski definition) is 6. The van der Waals surface area contributed by atoms with Crippen LogP contribution in [0.15, 0.2) is 84.5 Å². The standard InChI is InChI=1S/C27H24N4O4S/c1-17(27(34)35)30-25(32)22(31-26(33)23-8-5-13-36-23)14-18-9-11-20(12-10-18)24-28-15-21(16-29-24)19-6-3-2-4-7-19/h2-13,15-17,22H,14H2,1H3,(H,30,32)(H,31,33)(H,34,35). The first-order valence-corrected chi connectivity index (χ1v) is 12.1. The number of rotatable bonds is 9. The third kappa shape index (κ3) is 6.19. The highest BCUT2D eigenvalue weighted by Crippen LogP contribution is 2.21. The lowest BCUT2D eigenvalue weighted by molar-refractivity contribution is -0.141. The van der Waals surface area contributed by atoms with Crippen molar-refractivity contribution in [1.82, 2.24) is 20.6 Å². The molecule has 182 valence electrons. The summed E-state index contributed by atoms with van der Waals surface area (Å²) in [6.45, 7) is 1.37. The van der Waals surface area contributed by atoms with E-state index >= 15 is 0 Å². The van der Waals surface area contributed by atoms with Crippen molar-refractivity contribution in [3.63, 3.8) is 0 Å². The van der Waals surface area contributed by atoms with E-state index in [9.17, 15) is 14.4 Å². The van der Waals surface area contributed by atoms with E-state index in [1.54, 1.807) is 29.9 Å². The van der Waals surface area contributed by atoms with Gasteiger partial charge in [-0.3, -0.25) is 14.4 Å². The fourth-order valence-electron chi connectivity index (χ4n) is 3.50. The average Bonchev–Trinajstić information content (AvgIpc) is 3.45. The maximum Gasteiger partial charge on any atom is 0.325 e. The van der Waals surface area contributed by atoms with Crippen molar-refractivity contribution in [2.45, 2.75) is 25.4 Å². The van der Waals surface area contributed by atoms with Crippen LogP contribution in [0.5, 0.6) is 0 Å². The molecule has 2 atom stereocenters. The highest BCUT2D eigenvalue weighted by atomic mass is 32.1. The van der Waals surface area contributed by atoms with Gasteiger partial charge in [0, 0.05) is 29.9 Å². The molecule has 8 nitrogen and oxygen atoms in total. The number of nitrogens with one attached hydrogen (secondary N) is 2. The molecular formula is C27H24N4O4S. The van der Waals surface area contributed by atoms with Gasteiger partial charge in [-0.05, 0) is 29.5 Å². The summed E-state index contributed by atoms with van der Waals surface area (Å²) in [6.07, 6.45) is 3.73. The highest BCUT2D eigenvalue weighted by Gasteiger charge is 2.25. The van der Waals surface area contributed by atoms with Gasteiger partial charge in [0.15, 0.2) is 5.82 Å². The summed E-state index contributed by atoms with van der Waals surface area (Å²) >= 11 is 1.26. The number of thiophene rings is 1. The van der Waals surface area contributed by atoms with E-state index in [-0.39, 0.29) is 6.42 Å². The first-order valence-electron chi connectivity index (χ1n) is 11.2. The van der Waals surface area contributed by atoms with Gasteiger partial charge in [0.1, 0.15) is 12.1 Å². The van der Waals surface area contributed by atoms with Crippen molar-refractivity contribution in [3.05, 3.63) is 94.9 Å². The molecule has 2 unspecified atom stereocenters. The van der Waals surface area contributed by atoms with Gasteiger partial charge in [-0.2, -0.15) is 0 Å². The lowest BCUT2D eigenvalue weighted by Gasteiger charge is -2.20. The first-order chi connectivity index (χ1) is 17.4. The van der Waals surface area contributed by atoms with E-state index in [0.717, 1.165) is 22.3 Å². The zero-order valence-electron chi connectivity index (χ0n) is 19.4. The Kier molecular flexibility index (Phi) is 7.82. The molecule has 3 N–H and O–H groups in total. The van der Waals surface area contributed by atoms with Crippen LogP contribution in [-0.2, 0) is 16.0 Å². The maximum atomic E-state index is 12.8. The Morgan fingerprint density at radius 2 is 1.56 bits per heavy atom. The molecule has 0 saturated heterocycles. The Balaban J connectivity index is 1.48. The maximum absolute atomic E-state index is 12.8. The van der Waals surface area contributed by atoms with E-state index in [1.807, 2.05) is 54.6 Å². The van der Waals surface area contributed by atoms with Gasteiger partial charge in [-0.15, -0.1) is 11.3 Å². The number of nitrogens with zero attached hydrogens (tertiary/aromatic N) is 2. The largest absolute Gasteiger partial charge is 0.480 e. The Hall–Kier alpha value is -4.37. The number of carboxylic acids is 1. The fraction of sp³-hybridized carbons (Fsp3) is 0.148. The lowest BCUT2D eigenvalue weighted by atomic mass is 10.0. The number of carbonyl (C=O) groups is 3. The third-order valence-electron chi connectivity index (χ3n) is 5.51. The molecule has 4 aromatic rings. The summed E-state index contributed by atoms with van der Waals surface area (Å²) in [5.74, 6) is -1.55. The summed E-state index contributed by atoms with van der Waals surface area (Å²) in [4.78, 5) is 46.0. The molecule has 2 heterocycles. The van der Waals surface area contributed by atoms with Gasteiger partial charge in [0.2, 0.25) is 5.91 Å². The normalized spacial score (nSPS) is 12.4. The number of hydrogen-bond donors (Lipinski definition) is 3. The van der Waals surface area contributed by atoms with Gasteiger partial charge in [-0.1, -0.05) is 60.7 Å². The number of aromatic nitrogens is 2. The number of benzene rings is 2. The van der Waals surface area contributed by atoms with E-state index in [2.05, 4.69) is 20.6 Å². The Bertz CT molecular complexity index is 1320. The molecule has 0 aliphatic carbocycles. The quantitative estimate of drug-likeness (QED) is 0.321. The molecule has 2 amide bonds. The van der Waals surface area contributed by atoms with Gasteiger partial charge in [-0.25, -0.2) is 9.97 Å². The molecule has 0 radical (unpaired) electrons. The topological polar surface area (TPSA) is 121 Å². The predicted octanol–water partition coefficient (Wildman–Crippen LogP) is 3.80. The number of aliphatic carboxylic acids is 1. The fourth-order valence-corrected chi connectivity index (χ4v) is 4.13. The van der Waals surface area contributed by atoms with Crippen molar-refractivity contribution in [2.75, 3.05) is 0 Å². The minimum atomic E-state index is -1.16. The summed E-state index contributed by atoms with van der Waals surface area (Å²) in [6, 6.07) is 18.6. The van der Waals surface area contributed by atoms with Crippen LogP contribution in [-0.4, -0.2) is 44.9 Å². The van der Waals surface area contributed by atoms with Crippen molar-refractivity contribution in [1.29, 1.82) is 0 Å². The molecule has 0 aliphatic rings. The minimum absolute atomic E-state index is 0.184. The van der Waals surface area contributed by atoms with Gasteiger partial charge >= 0.3 is 5.97 Å². The van der Waals surface area contributed by atoms with Crippen LogP contribution in [0, 0.1) is 0 Å². The smallest absolute Gasteiger partial charge is 0.325 e. The monoisotopic (exact) mass is 500 g/mol. The van der Waals surface area contributed by atoms with Crippen LogP contribution >= 0.6 is 11.3 Å². The molecule has 0 spiro atoms. The van der Waals surface area contributed by atoms with Crippen LogP contribution in [0.3, 0.4) is 0 Å². The molecule has 0 bridgehead atoms. The average molecular weight is 501 g/mol. The van der Waals surface area contributed by atoms with E-state index in [0.29, 0.717) is 10.7 Å². The predicted molar refractivity (Wildman–Crippen MR) is 137 cm³/mol. The number of carbonyl (C=O) groups excluding carboxylic acids is 2. The van der Waals surface area contributed by atoms with Crippen LogP contribution < -0.4 is 10.6 Å². The molecule has 0 aliphatic heterocycles. The second kappa shape index (κ2) is 11.4. The van der Waals surface area contributed by atoms with Gasteiger partial charge in [0.25, 0.3) is 5.91 Å².